The summed E-state index contributed by atoms with van der Waals surface area (Å²) in [6.45, 7) is 0. The van der Waals surface area contributed by atoms with E-state index in [1.165, 1.54) is 32.1 Å². The maximum absolute atomic E-state index is 6.65. The van der Waals surface area contributed by atoms with Gasteiger partial charge in [-0.1, -0.05) is 34.8 Å². The zero-order valence-corrected chi connectivity index (χ0v) is 25.6. The van der Waals surface area contributed by atoms with Gasteiger partial charge in [0, 0.05) is 35.9 Å². The summed E-state index contributed by atoms with van der Waals surface area (Å²) in [5, 5.41) is 1.39. The number of nitrogens with two attached hydrogens (primary N) is 3. The van der Waals surface area contributed by atoms with Gasteiger partial charge >= 0.3 is 0 Å². The molecule has 4 aromatic carbocycles. The maximum Gasteiger partial charge on any atom is 0.138 e. The number of anilines is 3. The Hall–Kier alpha value is -3.45. The van der Waals surface area contributed by atoms with Crippen LogP contribution in [0, 0.1) is 23.7 Å². The molecule has 4 aliphatic rings. The highest BCUT2D eigenvalue weighted by Crippen LogP contribution is 2.63. The Morgan fingerprint density at radius 1 is 0.488 bits per heavy atom. The molecule has 8 rings (SSSR count). The van der Waals surface area contributed by atoms with Crippen molar-refractivity contribution in [2.45, 2.75) is 38.0 Å². The molecule has 43 heavy (non-hydrogen) atoms. The summed E-state index contributed by atoms with van der Waals surface area (Å²) in [6.07, 6.45) is 6.25. The fraction of sp³-hybridized carbons (Fsp3) is 0.294. The smallest absolute Gasteiger partial charge is 0.138 e. The van der Waals surface area contributed by atoms with Gasteiger partial charge in [0.25, 0.3) is 0 Å². The second kappa shape index (κ2) is 11.2. The van der Waals surface area contributed by atoms with E-state index in [1.54, 1.807) is 42.5 Å². The second-order valence-corrected chi connectivity index (χ2v) is 13.4. The third-order valence-corrected chi connectivity index (χ3v) is 10.3. The van der Waals surface area contributed by atoms with Gasteiger partial charge in [-0.05, 0) is 98.1 Å². The van der Waals surface area contributed by atoms with Crippen LogP contribution in [0.25, 0.3) is 0 Å². The van der Waals surface area contributed by atoms with E-state index in [4.69, 9.17) is 66.2 Å². The lowest BCUT2D eigenvalue weighted by atomic mass is 9.50. The first-order valence-corrected chi connectivity index (χ1v) is 15.7. The van der Waals surface area contributed by atoms with Gasteiger partial charge in [-0.3, -0.25) is 0 Å². The summed E-state index contributed by atoms with van der Waals surface area (Å²) in [7, 11) is 0. The van der Waals surface area contributed by atoms with Gasteiger partial charge in [0.05, 0.1) is 32.1 Å². The van der Waals surface area contributed by atoms with Crippen molar-refractivity contribution in [2.75, 3.05) is 17.2 Å². The monoisotopic (exact) mass is 635 g/mol. The molecular formula is C34H32Cl3N3O3. The molecule has 0 aliphatic heterocycles. The molecule has 4 aromatic rings. The fourth-order valence-electron chi connectivity index (χ4n) is 7.68. The molecular weight excluding hydrogens is 605 g/mol. The lowest BCUT2D eigenvalue weighted by Gasteiger charge is -2.54. The van der Waals surface area contributed by atoms with Crippen LogP contribution in [0.5, 0.6) is 34.5 Å². The number of halogens is 3. The van der Waals surface area contributed by atoms with E-state index >= 15 is 0 Å². The number of nitrogen functional groups attached to an aromatic ring is 3. The van der Waals surface area contributed by atoms with Crippen LogP contribution >= 0.6 is 34.8 Å². The number of benzene rings is 4. The minimum atomic E-state index is 0.271. The highest BCUT2D eigenvalue weighted by atomic mass is 35.5. The molecule has 222 valence electrons. The van der Waals surface area contributed by atoms with Crippen molar-refractivity contribution in [3.05, 3.63) is 87.4 Å². The Balaban J connectivity index is 1.38. The van der Waals surface area contributed by atoms with Crippen LogP contribution in [-0.4, -0.2) is 0 Å². The normalized spacial score (nSPS) is 23.7. The fourth-order valence-corrected chi connectivity index (χ4v) is 8.03. The predicted molar refractivity (Wildman–Crippen MR) is 174 cm³/mol. The Bertz CT molecular complexity index is 1610. The van der Waals surface area contributed by atoms with Gasteiger partial charge in [0.1, 0.15) is 34.5 Å². The second-order valence-electron chi connectivity index (χ2n) is 12.1. The van der Waals surface area contributed by atoms with E-state index in [-0.39, 0.29) is 5.92 Å². The number of ether oxygens (including phenoxy) is 3. The number of hydrogen-bond donors (Lipinski definition) is 3. The molecule has 0 radical (unpaired) electrons. The van der Waals surface area contributed by atoms with Crippen LogP contribution in [-0.2, 0) is 0 Å². The first kappa shape index (κ1) is 28.3. The number of hydrogen-bond acceptors (Lipinski definition) is 6. The average molecular weight is 637 g/mol. The third kappa shape index (κ3) is 5.64. The molecule has 6 N–H and O–H groups in total. The van der Waals surface area contributed by atoms with E-state index in [9.17, 15) is 0 Å². The lowest BCUT2D eigenvalue weighted by molar-refractivity contribution is -0.00397. The van der Waals surface area contributed by atoms with Crippen molar-refractivity contribution in [3.8, 4) is 34.5 Å². The quantitative estimate of drug-likeness (QED) is 0.174. The summed E-state index contributed by atoms with van der Waals surface area (Å²) in [6, 6.07) is 19.6. The van der Waals surface area contributed by atoms with Crippen LogP contribution in [0.2, 0.25) is 15.1 Å². The minimum absolute atomic E-state index is 0.271. The first-order valence-electron chi connectivity index (χ1n) is 14.6. The topological polar surface area (TPSA) is 106 Å². The molecule has 0 aromatic heterocycles. The zero-order valence-electron chi connectivity index (χ0n) is 23.4. The van der Waals surface area contributed by atoms with Crippen LogP contribution in [0.1, 0.15) is 43.6 Å². The first-order chi connectivity index (χ1) is 20.7. The van der Waals surface area contributed by atoms with E-state index in [1.807, 2.05) is 24.3 Å². The Morgan fingerprint density at radius 3 is 1.28 bits per heavy atom. The zero-order chi connectivity index (χ0) is 29.8. The largest absolute Gasteiger partial charge is 0.457 e. The van der Waals surface area contributed by atoms with Crippen LogP contribution in [0.4, 0.5) is 17.1 Å². The molecule has 6 nitrogen and oxygen atoms in total. The summed E-state index contributed by atoms with van der Waals surface area (Å²) >= 11 is 18.6. The lowest BCUT2D eigenvalue weighted by Crippen LogP contribution is -2.43. The molecule has 4 bridgehead atoms. The minimum Gasteiger partial charge on any atom is -0.457 e. The summed E-state index contributed by atoms with van der Waals surface area (Å²) in [5.74, 6) is 6.47. The molecule has 4 fully saturated rings. The van der Waals surface area contributed by atoms with E-state index in [2.05, 4.69) is 0 Å². The van der Waals surface area contributed by atoms with Gasteiger partial charge in [0.2, 0.25) is 0 Å². The molecule has 0 saturated heterocycles. The highest BCUT2D eigenvalue weighted by molar-refractivity contribution is 6.33. The van der Waals surface area contributed by atoms with Crippen LogP contribution in [0.15, 0.2) is 66.7 Å². The van der Waals surface area contributed by atoms with Crippen molar-refractivity contribution in [1.82, 2.24) is 0 Å². The van der Waals surface area contributed by atoms with Crippen molar-refractivity contribution in [3.63, 3.8) is 0 Å². The molecule has 0 heterocycles. The molecule has 0 unspecified atom stereocenters. The molecule has 0 amide bonds. The molecule has 0 spiro atoms. The number of rotatable bonds is 7. The van der Waals surface area contributed by atoms with Crippen molar-refractivity contribution >= 4 is 51.9 Å². The van der Waals surface area contributed by atoms with Gasteiger partial charge < -0.3 is 31.4 Å². The van der Waals surface area contributed by atoms with E-state index in [0.29, 0.717) is 78.5 Å². The Morgan fingerprint density at radius 2 is 0.884 bits per heavy atom. The van der Waals surface area contributed by atoms with E-state index < -0.39 is 0 Å². The SMILES string of the molecule is Nc1cc(Oc2cc(Oc3ccc(Cl)c(N)c3)c(C3C4CC5CC(C4)CC3C5)c(Oc3ccc(Cl)c(N)c3)c2)ccc1Cl. The van der Waals surface area contributed by atoms with Crippen LogP contribution < -0.4 is 31.4 Å². The summed E-state index contributed by atoms with van der Waals surface area (Å²) < 4.78 is 19.6. The molecule has 9 heteroatoms. The van der Waals surface area contributed by atoms with Gasteiger partial charge in [-0.25, -0.2) is 0 Å². The van der Waals surface area contributed by atoms with Gasteiger partial charge in [0.15, 0.2) is 0 Å². The van der Waals surface area contributed by atoms with Crippen molar-refractivity contribution in [1.29, 1.82) is 0 Å². The molecule has 4 saturated carbocycles. The molecule has 4 aliphatic carbocycles. The average Bonchev–Trinajstić information content (AvgIpc) is 2.95. The third-order valence-electron chi connectivity index (χ3n) is 9.23. The van der Waals surface area contributed by atoms with E-state index in [0.717, 1.165) is 17.4 Å². The van der Waals surface area contributed by atoms with Gasteiger partial charge in [-0.15, -0.1) is 0 Å². The maximum atomic E-state index is 6.65. The standard InChI is InChI=1S/C34H32Cl3N3O3/c35-25-4-1-21(12-28(25)38)41-24-15-31(42-22-2-5-26(36)29(39)13-22)34(32(16-24)43-23-3-6-27(37)30(40)14-23)33-19-8-17-7-18(10-19)11-20(33)9-17/h1-6,12-20,33H,7-11,38-40H2. The van der Waals surface area contributed by atoms with Gasteiger partial charge in [-0.2, -0.15) is 0 Å². The Kier molecular flexibility index (Phi) is 7.40. The summed E-state index contributed by atoms with van der Waals surface area (Å²) in [5.41, 5.74) is 20.7. The molecule has 0 atom stereocenters. The van der Waals surface area contributed by atoms with Crippen molar-refractivity contribution in [2.24, 2.45) is 23.7 Å². The summed E-state index contributed by atoms with van der Waals surface area (Å²) in [4.78, 5) is 0. The highest BCUT2D eigenvalue weighted by Gasteiger charge is 2.50. The van der Waals surface area contributed by atoms with Crippen molar-refractivity contribution < 1.29 is 14.2 Å². The predicted octanol–water partition coefficient (Wildman–Crippen LogP) is 10.3. The Labute approximate surface area is 266 Å². The van der Waals surface area contributed by atoms with Crippen LogP contribution in [0.3, 0.4) is 0 Å².